The van der Waals surface area contributed by atoms with E-state index >= 15 is 0 Å². The summed E-state index contributed by atoms with van der Waals surface area (Å²) in [6.45, 7) is 4.22. The van der Waals surface area contributed by atoms with E-state index in [1.807, 2.05) is 23.8 Å². The highest BCUT2D eigenvalue weighted by atomic mass is 32.1. The third kappa shape index (κ3) is 2.82. The lowest BCUT2D eigenvalue weighted by Crippen LogP contribution is -2.50. The van der Waals surface area contributed by atoms with Gasteiger partial charge in [-0.1, -0.05) is 6.92 Å². The Morgan fingerprint density at radius 2 is 2.43 bits per heavy atom. The fourth-order valence-electron chi connectivity index (χ4n) is 0.938. The lowest BCUT2D eigenvalue weighted by Gasteiger charge is -2.21. The fourth-order valence-corrected chi connectivity index (χ4v) is 1.61. The molecule has 0 aromatic carbocycles. The second kappa shape index (κ2) is 4.57. The molecule has 1 amide bonds. The number of nitrogens with two attached hydrogens (primary N) is 1. The minimum atomic E-state index is -0.754. The fraction of sp³-hybridized carbons (Fsp3) is 0.500. The first kappa shape index (κ1) is 11.2. The first-order chi connectivity index (χ1) is 6.56. The molecule has 0 radical (unpaired) electrons. The van der Waals surface area contributed by atoms with Crippen LogP contribution in [0.3, 0.4) is 0 Å². The standard InChI is InChI=1S/C10H16N2OS/c1-3-10(2,11)9(13)12-6-8-4-5-14-7-8/h4-5,7H,3,6,11H2,1-2H3,(H,12,13). The van der Waals surface area contributed by atoms with Crippen molar-refractivity contribution >= 4 is 17.2 Å². The molecule has 0 aliphatic heterocycles. The van der Waals surface area contributed by atoms with Crippen LogP contribution in [0.1, 0.15) is 25.8 Å². The van der Waals surface area contributed by atoms with Crippen LogP contribution in [0.4, 0.5) is 0 Å². The maximum atomic E-state index is 11.6. The molecule has 1 rings (SSSR count). The largest absolute Gasteiger partial charge is 0.350 e. The van der Waals surface area contributed by atoms with Gasteiger partial charge in [0.1, 0.15) is 0 Å². The lowest BCUT2D eigenvalue weighted by atomic mass is 9.99. The first-order valence-corrected chi connectivity index (χ1v) is 5.59. The molecule has 4 heteroatoms. The van der Waals surface area contributed by atoms with Gasteiger partial charge in [0.15, 0.2) is 0 Å². The summed E-state index contributed by atoms with van der Waals surface area (Å²) in [7, 11) is 0. The van der Waals surface area contributed by atoms with Crippen molar-refractivity contribution in [3.8, 4) is 0 Å². The summed E-state index contributed by atoms with van der Waals surface area (Å²) in [5.41, 5.74) is 6.16. The molecule has 3 N–H and O–H groups in total. The quantitative estimate of drug-likeness (QED) is 0.794. The van der Waals surface area contributed by atoms with Crippen molar-refractivity contribution in [1.29, 1.82) is 0 Å². The van der Waals surface area contributed by atoms with E-state index in [4.69, 9.17) is 5.73 Å². The van der Waals surface area contributed by atoms with Crippen LogP contribution in [0.25, 0.3) is 0 Å². The van der Waals surface area contributed by atoms with Gasteiger partial charge in [-0.15, -0.1) is 0 Å². The number of carbonyl (C=O) groups excluding carboxylic acids is 1. The molecule has 1 heterocycles. The number of thiophene rings is 1. The lowest BCUT2D eigenvalue weighted by molar-refractivity contribution is -0.126. The van der Waals surface area contributed by atoms with Crippen LogP contribution < -0.4 is 11.1 Å². The zero-order valence-electron chi connectivity index (χ0n) is 8.54. The zero-order chi connectivity index (χ0) is 10.6. The Bertz CT molecular complexity index is 293. The number of rotatable bonds is 4. The van der Waals surface area contributed by atoms with E-state index in [0.717, 1.165) is 5.56 Å². The van der Waals surface area contributed by atoms with E-state index in [-0.39, 0.29) is 5.91 Å². The van der Waals surface area contributed by atoms with E-state index in [9.17, 15) is 4.79 Å². The molecule has 0 saturated heterocycles. The zero-order valence-corrected chi connectivity index (χ0v) is 9.36. The minimum Gasteiger partial charge on any atom is -0.350 e. The van der Waals surface area contributed by atoms with Gasteiger partial charge in [-0.3, -0.25) is 4.79 Å². The van der Waals surface area contributed by atoms with Crippen LogP contribution in [-0.4, -0.2) is 11.4 Å². The van der Waals surface area contributed by atoms with E-state index in [1.54, 1.807) is 18.3 Å². The van der Waals surface area contributed by atoms with E-state index in [1.165, 1.54) is 0 Å². The molecule has 78 valence electrons. The smallest absolute Gasteiger partial charge is 0.240 e. The van der Waals surface area contributed by atoms with E-state index < -0.39 is 5.54 Å². The average Bonchev–Trinajstić information content (AvgIpc) is 2.66. The molecular formula is C10H16N2OS. The van der Waals surface area contributed by atoms with E-state index in [0.29, 0.717) is 13.0 Å². The van der Waals surface area contributed by atoms with Crippen molar-refractivity contribution in [3.63, 3.8) is 0 Å². The maximum absolute atomic E-state index is 11.6. The van der Waals surface area contributed by atoms with Crippen molar-refractivity contribution in [2.45, 2.75) is 32.4 Å². The van der Waals surface area contributed by atoms with Crippen molar-refractivity contribution in [2.24, 2.45) is 5.73 Å². The minimum absolute atomic E-state index is 0.0915. The normalized spacial score (nSPS) is 14.8. The summed E-state index contributed by atoms with van der Waals surface area (Å²) < 4.78 is 0. The number of hydrogen-bond acceptors (Lipinski definition) is 3. The number of carbonyl (C=O) groups is 1. The Morgan fingerprint density at radius 3 is 2.93 bits per heavy atom. The molecule has 0 fully saturated rings. The summed E-state index contributed by atoms with van der Waals surface area (Å²) in [5, 5.41) is 6.82. The summed E-state index contributed by atoms with van der Waals surface area (Å²) >= 11 is 1.62. The van der Waals surface area contributed by atoms with Gasteiger partial charge >= 0.3 is 0 Å². The highest BCUT2D eigenvalue weighted by molar-refractivity contribution is 7.07. The Hall–Kier alpha value is -0.870. The van der Waals surface area contributed by atoms with Crippen molar-refractivity contribution in [1.82, 2.24) is 5.32 Å². The van der Waals surface area contributed by atoms with Gasteiger partial charge in [0, 0.05) is 6.54 Å². The first-order valence-electron chi connectivity index (χ1n) is 4.64. The molecule has 1 aromatic rings. The average molecular weight is 212 g/mol. The Morgan fingerprint density at radius 1 is 1.71 bits per heavy atom. The molecular weight excluding hydrogens is 196 g/mol. The highest BCUT2D eigenvalue weighted by Gasteiger charge is 2.25. The molecule has 3 nitrogen and oxygen atoms in total. The Balaban J connectivity index is 2.43. The highest BCUT2D eigenvalue weighted by Crippen LogP contribution is 2.07. The van der Waals surface area contributed by atoms with Gasteiger partial charge in [0.2, 0.25) is 5.91 Å². The molecule has 0 aliphatic rings. The number of amides is 1. The van der Waals surface area contributed by atoms with Crippen LogP contribution in [0.5, 0.6) is 0 Å². The van der Waals surface area contributed by atoms with Crippen LogP contribution in [0, 0.1) is 0 Å². The third-order valence-electron chi connectivity index (χ3n) is 2.29. The van der Waals surface area contributed by atoms with Gasteiger partial charge in [-0.2, -0.15) is 11.3 Å². The topological polar surface area (TPSA) is 55.1 Å². The van der Waals surface area contributed by atoms with E-state index in [2.05, 4.69) is 5.32 Å². The van der Waals surface area contributed by atoms with Gasteiger partial charge in [-0.25, -0.2) is 0 Å². The molecule has 0 spiro atoms. The van der Waals surface area contributed by atoms with Gasteiger partial charge in [-0.05, 0) is 35.7 Å². The van der Waals surface area contributed by atoms with Crippen LogP contribution in [0.15, 0.2) is 16.8 Å². The predicted molar refractivity (Wildman–Crippen MR) is 59.0 cm³/mol. The summed E-state index contributed by atoms with van der Waals surface area (Å²) in [6, 6.07) is 1.99. The molecule has 0 saturated carbocycles. The molecule has 0 aliphatic carbocycles. The maximum Gasteiger partial charge on any atom is 0.240 e. The molecule has 0 bridgehead atoms. The molecule has 1 aromatic heterocycles. The van der Waals surface area contributed by atoms with Gasteiger partial charge < -0.3 is 11.1 Å². The second-order valence-electron chi connectivity index (χ2n) is 3.59. The Kier molecular flexibility index (Phi) is 3.66. The van der Waals surface area contributed by atoms with Crippen molar-refractivity contribution < 1.29 is 4.79 Å². The van der Waals surface area contributed by atoms with Gasteiger partial charge in [0.05, 0.1) is 5.54 Å². The third-order valence-corrected chi connectivity index (χ3v) is 3.02. The van der Waals surface area contributed by atoms with Crippen LogP contribution in [-0.2, 0) is 11.3 Å². The van der Waals surface area contributed by atoms with Crippen LogP contribution in [0.2, 0.25) is 0 Å². The summed E-state index contributed by atoms with van der Waals surface area (Å²) in [5.74, 6) is -0.0915. The molecule has 1 unspecified atom stereocenters. The molecule has 1 atom stereocenters. The Labute approximate surface area is 88.3 Å². The monoisotopic (exact) mass is 212 g/mol. The summed E-state index contributed by atoms with van der Waals surface area (Å²) in [4.78, 5) is 11.6. The van der Waals surface area contributed by atoms with Crippen molar-refractivity contribution in [3.05, 3.63) is 22.4 Å². The summed E-state index contributed by atoms with van der Waals surface area (Å²) in [6.07, 6.45) is 0.641. The van der Waals surface area contributed by atoms with Crippen LogP contribution >= 0.6 is 11.3 Å². The number of nitrogens with one attached hydrogen (secondary N) is 1. The second-order valence-corrected chi connectivity index (χ2v) is 4.37. The predicted octanol–water partition coefficient (Wildman–Crippen LogP) is 1.49. The van der Waals surface area contributed by atoms with Gasteiger partial charge in [0.25, 0.3) is 0 Å². The number of hydrogen-bond donors (Lipinski definition) is 2. The molecule has 14 heavy (non-hydrogen) atoms. The SMILES string of the molecule is CCC(C)(N)C(=O)NCc1ccsc1. The van der Waals surface area contributed by atoms with Crippen molar-refractivity contribution in [2.75, 3.05) is 0 Å².